The number of amides is 1. The van der Waals surface area contributed by atoms with E-state index in [1.807, 2.05) is 0 Å². The van der Waals surface area contributed by atoms with Gasteiger partial charge in [0.05, 0.1) is 6.10 Å². The number of rotatable bonds is 6. The summed E-state index contributed by atoms with van der Waals surface area (Å²) in [6.07, 6.45) is 12.4. The van der Waals surface area contributed by atoms with Gasteiger partial charge < -0.3 is 9.64 Å². The molecule has 3 heteroatoms. The SMILES string of the molecule is CCCN(C(=O)COC1CCC(C)CC1)C1CCCCC1. The molecule has 2 fully saturated rings. The van der Waals surface area contributed by atoms with Crippen LogP contribution in [0.5, 0.6) is 0 Å². The van der Waals surface area contributed by atoms with Crippen LogP contribution in [0.3, 0.4) is 0 Å². The number of hydrogen-bond donors (Lipinski definition) is 0. The van der Waals surface area contributed by atoms with Crippen molar-refractivity contribution in [2.75, 3.05) is 13.2 Å². The summed E-state index contributed by atoms with van der Waals surface area (Å²) < 4.78 is 5.92. The highest BCUT2D eigenvalue weighted by atomic mass is 16.5. The van der Waals surface area contributed by atoms with Gasteiger partial charge in [0, 0.05) is 12.6 Å². The van der Waals surface area contributed by atoms with Gasteiger partial charge in [0.25, 0.3) is 0 Å². The highest BCUT2D eigenvalue weighted by molar-refractivity contribution is 5.77. The highest BCUT2D eigenvalue weighted by Gasteiger charge is 2.26. The van der Waals surface area contributed by atoms with Crippen LogP contribution in [0.15, 0.2) is 0 Å². The number of carbonyl (C=O) groups is 1. The quantitative estimate of drug-likeness (QED) is 0.736. The summed E-state index contributed by atoms with van der Waals surface area (Å²) in [6, 6.07) is 0.473. The topological polar surface area (TPSA) is 29.5 Å². The molecule has 0 saturated heterocycles. The number of hydrogen-bond acceptors (Lipinski definition) is 2. The average Bonchev–Trinajstić information content (AvgIpc) is 2.52. The van der Waals surface area contributed by atoms with E-state index in [1.54, 1.807) is 0 Å². The van der Waals surface area contributed by atoms with Gasteiger partial charge in [-0.1, -0.05) is 33.1 Å². The summed E-state index contributed by atoms with van der Waals surface area (Å²) in [5.41, 5.74) is 0. The maximum atomic E-state index is 12.5. The fourth-order valence-electron chi connectivity index (χ4n) is 3.81. The molecule has 0 aromatic rings. The minimum absolute atomic E-state index is 0.224. The van der Waals surface area contributed by atoms with E-state index in [0.29, 0.717) is 18.8 Å². The van der Waals surface area contributed by atoms with E-state index in [1.165, 1.54) is 44.9 Å². The summed E-state index contributed by atoms with van der Waals surface area (Å²) in [7, 11) is 0. The van der Waals surface area contributed by atoms with Crippen molar-refractivity contribution < 1.29 is 9.53 Å². The first kappa shape index (κ1) is 16.8. The highest BCUT2D eigenvalue weighted by Crippen LogP contribution is 2.26. The van der Waals surface area contributed by atoms with Crippen LogP contribution in [-0.2, 0) is 9.53 Å². The molecule has 0 heterocycles. The predicted octanol–water partition coefficient (Wildman–Crippen LogP) is 4.15. The first-order chi connectivity index (χ1) is 10.2. The lowest BCUT2D eigenvalue weighted by Crippen LogP contribution is -2.44. The smallest absolute Gasteiger partial charge is 0.248 e. The lowest BCUT2D eigenvalue weighted by atomic mass is 9.89. The van der Waals surface area contributed by atoms with Crippen molar-refractivity contribution in [2.45, 2.75) is 90.2 Å². The Labute approximate surface area is 130 Å². The zero-order chi connectivity index (χ0) is 15.1. The van der Waals surface area contributed by atoms with Crippen molar-refractivity contribution in [1.82, 2.24) is 4.90 Å². The van der Waals surface area contributed by atoms with Gasteiger partial charge in [-0.25, -0.2) is 0 Å². The Balaban J connectivity index is 1.77. The Hall–Kier alpha value is -0.570. The molecule has 0 unspecified atom stereocenters. The summed E-state index contributed by atoms with van der Waals surface area (Å²) in [4.78, 5) is 14.7. The molecule has 0 atom stereocenters. The normalized spacial score (nSPS) is 27.5. The van der Waals surface area contributed by atoms with Gasteiger partial charge in [-0.05, 0) is 50.9 Å². The maximum absolute atomic E-state index is 12.5. The van der Waals surface area contributed by atoms with Gasteiger partial charge in [0.1, 0.15) is 6.61 Å². The molecule has 2 aliphatic carbocycles. The lowest BCUT2D eigenvalue weighted by molar-refractivity contribution is -0.142. The van der Waals surface area contributed by atoms with Crippen LogP contribution in [0.1, 0.15) is 78.1 Å². The third kappa shape index (κ3) is 5.28. The molecule has 0 aromatic carbocycles. The van der Waals surface area contributed by atoms with Crippen molar-refractivity contribution in [1.29, 1.82) is 0 Å². The monoisotopic (exact) mass is 295 g/mol. The molecule has 1 amide bonds. The maximum Gasteiger partial charge on any atom is 0.248 e. The zero-order valence-corrected chi connectivity index (χ0v) is 14.0. The molecule has 0 bridgehead atoms. The van der Waals surface area contributed by atoms with Crippen LogP contribution in [-0.4, -0.2) is 36.1 Å². The van der Waals surface area contributed by atoms with Gasteiger partial charge in [0.15, 0.2) is 0 Å². The van der Waals surface area contributed by atoms with Crippen molar-refractivity contribution in [3.8, 4) is 0 Å². The second-order valence-corrected chi connectivity index (χ2v) is 7.07. The molecule has 3 nitrogen and oxygen atoms in total. The fraction of sp³-hybridized carbons (Fsp3) is 0.944. The Morgan fingerprint density at radius 3 is 2.33 bits per heavy atom. The van der Waals surface area contributed by atoms with Crippen molar-refractivity contribution in [3.63, 3.8) is 0 Å². The van der Waals surface area contributed by atoms with Gasteiger partial charge in [-0.2, -0.15) is 0 Å². The third-order valence-corrected chi connectivity index (χ3v) is 5.21. The Morgan fingerprint density at radius 2 is 1.71 bits per heavy atom. The van der Waals surface area contributed by atoms with Crippen LogP contribution in [0.25, 0.3) is 0 Å². The summed E-state index contributed by atoms with van der Waals surface area (Å²) in [5.74, 6) is 1.06. The van der Waals surface area contributed by atoms with Gasteiger partial charge in [-0.15, -0.1) is 0 Å². The minimum Gasteiger partial charge on any atom is -0.368 e. The van der Waals surface area contributed by atoms with Crippen LogP contribution < -0.4 is 0 Å². The molecule has 0 radical (unpaired) electrons. The Bertz CT molecular complexity index is 304. The summed E-state index contributed by atoms with van der Waals surface area (Å²) >= 11 is 0. The van der Waals surface area contributed by atoms with Crippen LogP contribution in [0.4, 0.5) is 0 Å². The molecule has 0 N–H and O–H groups in total. The molecule has 122 valence electrons. The van der Waals surface area contributed by atoms with Crippen LogP contribution >= 0.6 is 0 Å². The zero-order valence-electron chi connectivity index (χ0n) is 14.0. The largest absolute Gasteiger partial charge is 0.368 e. The molecular formula is C18H33NO2. The average molecular weight is 295 g/mol. The van der Waals surface area contributed by atoms with E-state index >= 15 is 0 Å². The Kier molecular flexibility index (Phi) is 7.01. The molecule has 2 saturated carbocycles. The van der Waals surface area contributed by atoms with Gasteiger partial charge >= 0.3 is 0 Å². The molecule has 0 aliphatic heterocycles. The first-order valence-corrected chi connectivity index (χ1v) is 9.11. The van der Waals surface area contributed by atoms with Crippen LogP contribution in [0, 0.1) is 5.92 Å². The van der Waals surface area contributed by atoms with Crippen molar-refractivity contribution in [3.05, 3.63) is 0 Å². The minimum atomic E-state index is 0.224. The van der Waals surface area contributed by atoms with E-state index < -0.39 is 0 Å². The summed E-state index contributed by atoms with van der Waals surface area (Å²) in [6.45, 7) is 5.67. The second kappa shape index (κ2) is 8.77. The number of nitrogens with zero attached hydrogens (tertiary/aromatic N) is 1. The lowest BCUT2D eigenvalue weighted by Gasteiger charge is -2.35. The third-order valence-electron chi connectivity index (χ3n) is 5.21. The fourth-order valence-corrected chi connectivity index (χ4v) is 3.81. The number of carbonyl (C=O) groups excluding carboxylic acids is 1. The van der Waals surface area contributed by atoms with E-state index in [2.05, 4.69) is 18.7 Å². The molecule has 0 spiro atoms. The van der Waals surface area contributed by atoms with E-state index in [9.17, 15) is 4.79 Å². The van der Waals surface area contributed by atoms with E-state index in [-0.39, 0.29) is 5.91 Å². The van der Waals surface area contributed by atoms with E-state index in [4.69, 9.17) is 4.74 Å². The first-order valence-electron chi connectivity index (χ1n) is 9.11. The van der Waals surface area contributed by atoms with Gasteiger partial charge in [0.2, 0.25) is 5.91 Å². The second-order valence-electron chi connectivity index (χ2n) is 7.07. The molecular weight excluding hydrogens is 262 g/mol. The van der Waals surface area contributed by atoms with Crippen molar-refractivity contribution >= 4 is 5.91 Å². The Morgan fingerprint density at radius 1 is 1.05 bits per heavy atom. The molecule has 0 aromatic heterocycles. The number of ether oxygens (including phenoxy) is 1. The van der Waals surface area contributed by atoms with E-state index in [0.717, 1.165) is 31.7 Å². The molecule has 21 heavy (non-hydrogen) atoms. The standard InChI is InChI=1S/C18H33NO2/c1-3-13-19(16-7-5-4-6-8-16)18(20)14-21-17-11-9-15(2)10-12-17/h15-17H,3-14H2,1-2H3. The van der Waals surface area contributed by atoms with Crippen molar-refractivity contribution in [2.24, 2.45) is 5.92 Å². The predicted molar refractivity (Wildman–Crippen MR) is 86.2 cm³/mol. The molecule has 2 rings (SSSR count). The molecule has 2 aliphatic rings. The van der Waals surface area contributed by atoms with Crippen LogP contribution in [0.2, 0.25) is 0 Å². The van der Waals surface area contributed by atoms with Gasteiger partial charge in [-0.3, -0.25) is 4.79 Å². The summed E-state index contributed by atoms with van der Waals surface area (Å²) in [5, 5.41) is 0.